The Hall–Kier alpha value is -3.91. The van der Waals surface area contributed by atoms with E-state index >= 15 is 0 Å². The van der Waals surface area contributed by atoms with Gasteiger partial charge in [-0.1, -0.05) is 89.9 Å². The van der Waals surface area contributed by atoms with E-state index in [0.29, 0.717) is 32.2 Å². The van der Waals surface area contributed by atoms with Crippen molar-refractivity contribution in [1.29, 1.82) is 0 Å². The van der Waals surface area contributed by atoms with E-state index in [4.69, 9.17) is 34.9 Å². The maximum absolute atomic E-state index is 12.7. The van der Waals surface area contributed by atoms with Crippen LogP contribution in [0.3, 0.4) is 0 Å². The molecule has 0 aliphatic heterocycles. The number of rotatable bonds is 46. The minimum atomic E-state index is -1.13. The minimum Gasteiger partial charge on any atom is -0.481 e. The molecule has 4 amide bonds. The molecule has 19 heteroatoms. The topological polar surface area (TPSA) is 282 Å². The second-order valence-corrected chi connectivity index (χ2v) is 15.3. The van der Waals surface area contributed by atoms with Gasteiger partial charge in [0, 0.05) is 45.4 Å². The summed E-state index contributed by atoms with van der Waals surface area (Å²) < 4.78 is 21.3. The smallest absolute Gasteiger partial charge is 0.323 e. The lowest BCUT2D eigenvalue weighted by Crippen LogP contribution is -2.39. The van der Waals surface area contributed by atoms with Crippen LogP contribution in [-0.2, 0) is 52.5 Å². The maximum Gasteiger partial charge on any atom is 0.323 e. The molecule has 360 valence electrons. The number of carboxylic acids is 3. The maximum atomic E-state index is 12.7. The third-order valence-corrected chi connectivity index (χ3v) is 9.75. The van der Waals surface area contributed by atoms with E-state index in [1.54, 1.807) is 0 Å². The van der Waals surface area contributed by atoms with Gasteiger partial charge in [0.1, 0.15) is 25.8 Å². The molecule has 0 saturated carbocycles. The zero-order valence-corrected chi connectivity index (χ0v) is 37.2. The van der Waals surface area contributed by atoms with Crippen molar-refractivity contribution in [3.05, 3.63) is 0 Å². The van der Waals surface area contributed by atoms with Gasteiger partial charge >= 0.3 is 17.9 Å². The van der Waals surface area contributed by atoms with Crippen molar-refractivity contribution in [3.63, 3.8) is 0 Å². The van der Waals surface area contributed by atoms with Crippen LogP contribution < -0.4 is 21.7 Å². The largest absolute Gasteiger partial charge is 0.481 e. The molecule has 0 saturated heterocycles. The fourth-order valence-electron chi connectivity index (χ4n) is 6.20. The van der Waals surface area contributed by atoms with Crippen LogP contribution in [0.5, 0.6) is 0 Å². The number of nitrogens with two attached hydrogens (primary N) is 1. The van der Waals surface area contributed by atoms with Crippen LogP contribution >= 0.6 is 0 Å². The summed E-state index contributed by atoms with van der Waals surface area (Å²) in [5.74, 6) is -4.08. The predicted molar refractivity (Wildman–Crippen MR) is 231 cm³/mol. The first kappa shape index (κ1) is 58.1. The van der Waals surface area contributed by atoms with Crippen LogP contribution in [-0.4, -0.2) is 153 Å². The molecule has 62 heavy (non-hydrogen) atoms. The molecular formula is C43H79N5O14. The van der Waals surface area contributed by atoms with Crippen LogP contribution in [0, 0.1) is 0 Å². The summed E-state index contributed by atoms with van der Waals surface area (Å²) in [7, 11) is 0. The second kappa shape index (κ2) is 42.4. The normalized spacial score (nSPS) is 11.5. The van der Waals surface area contributed by atoms with Crippen LogP contribution in [0.1, 0.15) is 141 Å². The van der Waals surface area contributed by atoms with Crippen molar-refractivity contribution < 1.29 is 67.8 Å². The van der Waals surface area contributed by atoms with Gasteiger partial charge in [-0.25, -0.2) is 0 Å². The molecular weight excluding hydrogens is 810 g/mol. The number of carboxylic acid groups (broad SMARTS) is 3. The first-order chi connectivity index (χ1) is 29.9. The Morgan fingerprint density at radius 3 is 1.32 bits per heavy atom. The SMILES string of the molecule is N[C@@H](CCCCNC(=O)COCCOCCNC(=O)COCCOCCNC(=O)CCN(CC(=O)O)C(=O)CCCCCCCCCCCCCCCCCCC(=O)O)C(=O)O. The number of carbonyl (C=O) groups is 7. The average molecular weight is 890 g/mol. The van der Waals surface area contributed by atoms with E-state index < -0.39 is 30.5 Å². The number of hydrogen-bond donors (Lipinski definition) is 7. The number of aliphatic carboxylic acids is 3. The van der Waals surface area contributed by atoms with E-state index in [0.717, 1.165) is 38.5 Å². The molecule has 0 aliphatic carbocycles. The van der Waals surface area contributed by atoms with E-state index in [9.17, 15) is 38.7 Å². The third-order valence-electron chi connectivity index (χ3n) is 9.75. The zero-order valence-electron chi connectivity index (χ0n) is 37.2. The van der Waals surface area contributed by atoms with Crippen LogP contribution in [0.2, 0.25) is 0 Å². The molecule has 0 heterocycles. The van der Waals surface area contributed by atoms with Gasteiger partial charge < -0.3 is 60.9 Å². The fraction of sp³-hybridized carbons (Fsp3) is 0.837. The van der Waals surface area contributed by atoms with Crippen LogP contribution in [0.4, 0.5) is 0 Å². The molecule has 8 N–H and O–H groups in total. The van der Waals surface area contributed by atoms with Crippen molar-refractivity contribution in [2.45, 2.75) is 147 Å². The van der Waals surface area contributed by atoms with Crippen molar-refractivity contribution >= 4 is 41.5 Å². The molecule has 0 aromatic heterocycles. The number of carbonyl (C=O) groups excluding carboxylic acids is 4. The molecule has 0 aliphatic rings. The molecule has 0 unspecified atom stereocenters. The Morgan fingerprint density at radius 1 is 0.452 bits per heavy atom. The second-order valence-electron chi connectivity index (χ2n) is 15.3. The van der Waals surface area contributed by atoms with Crippen molar-refractivity contribution in [3.8, 4) is 0 Å². The van der Waals surface area contributed by atoms with Gasteiger partial charge in [-0.3, -0.25) is 33.6 Å². The van der Waals surface area contributed by atoms with Gasteiger partial charge in [0.15, 0.2) is 0 Å². The Kier molecular flexibility index (Phi) is 39.7. The molecule has 1 atom stereocenters. The summed E-state index contributed by atoms with van der Waals surface area (Å²) >= 11 is 0. The van der Waals surface area contributed by atoms with Gasteiger partial charge in [-0.05, 0) is 32.1 Å². The Morgan fingerprint density at radius 2 is 0.871 bits per heavy atom. The molecule has 0 rings (SSSR count). The number of nitrogens with zero attached hydrogens (tertiary/aromatic N) is 1. The minimum absolute atomic E-state index is 0.0156. The number of unbranched alkanes of at least 4 members (excludes halogenated alkanes) is 16. The molecule has 0 spiro atoms. The number of ether oxygens (including phenoxy) is 4. The summed E-state index contributed by atoms with van der Waals surface area (Å²) in [4.78, 5) is 82.4. The van der Waals surface area contributed by atoms with Gasteiger partial charge in [0.05, 0.1) is 39.6 Å². The Labute approximate surface area is 368 Å². The summed E-state index contributed by atoms with van der Waals surface area (Å²) in [6.45, 7) is 1.41. The van der Waals surface area contributed by atoms with E-state index in [2.05, 4.69) is 16.0 Å². The third kappa shape index (κ3) is 41.4. The van der Waals surface area contributed by atoms with E-state index in [1.807, 2.05) is 0 Å². The Balaban J connectivity index is 3.71. The summed E-state index contributed by atoms with van der Waals surface area (Å²) in [5.41, 5.74) is 5.42. The van der Waals surface area contributed by atoms with Gasteiger partial charge in [0.25, 0.3) is 0 Å². The van der Waals surface area contributed by atoms with Crippen molar-refractivity contribution in [1.82, 2.24) is 20.9 Å². The molecule has 0 fully saturated rings. The van der Waals surface area contributed by atoms with Gasteiger partial charge in [-0.2, -0.15) is 0 Å². The van der Waals surface area contributed by atoms with Crippen LogP contribution in [0.25, 0.3) is 0 Å². The highest BCUT2D eigenvalue weighted by Crippen LogP contribution is 2.15. The highest BCUT2D eigenvalue weighted by molar-refractivity contribution is 5.82. The summed E-state index contributed by atoms with van der Waals surface area (Å²) in [6.07, 6.45) is 19.8. The zero-order chi connectivity index (χ0) is 45.9. The molecule has 0 aromatic rings. The molecule has 0 aromatic carbocycles. The molecule has 0 bridgehead atoms. The first-order valence-corrected chi connectivity index (χ1v) is 22.7. The van der Waals surface area contributed by atoms with Crippen molar-refractivity contribution in [2.75, 3.05) is 85.6 Å². The molecule has 19 nitrogen and oxygen atoms in total. The van der Waals surface area contributed by atoms with Gasteiger partial charge in [0.2, 0.25) is 23.6 Å². The van der Waals surface area contributed by atoms with Crippen molar-refractivity contribution in [2.24, 2.45) is 5.73 Å². The van der Waals surface area contributed by atoms with E-state index in [1.165, 1.54) is 62.7 Å². The standard InChI is InChI=1S/C43H79N5O14/c44-36(43(57)58)19-17-18-23-45-38(50)34-61-31-30-60-28-25-47-39(51)35-62-32-29-59-27-24-46-37(49)22-26-48(33-42(55)56)40(52)20-15-13-11-9-7-5-3-1-2-4-6-8-10-12-14-16-21-41(53)54/h36H,1-35,44H2,(H,45,50)(H,46,49)(H,47,51)(H,53,54)(H,55,56)(H,57,58)/t36-/m0/s1. The van der Waals surface area contributed by atoms with E-state index in [-0.39, 0.29) is 115 Å². The number of hydrogen-bond acceptors (Lipinski definition) is 12. The van der Waals surface area contributed by atoms with Crippen LogP contribution in [0.15, 0.2) is 0 Å². The lowest BCUT2D eigenvalue weighted by molar-refractivity contribution is -0.145. The highest BCUT2D eigenvalue weighted by Gasteiger charge is 2.18. The monoisotopic (exact) mass is 890 g/mol. The summed E-state index contributed by atoms with van der Waals surface area (Å²) in [5, 5.41) is 34.7. The lowest BCUT2D eigenvalue weighted by atomic mass is 10.0. The predicted octanol–water partition coefficient (Wildman–Crippen LogP) is 3.39. The number of nitrogens with one attached hydrogen (secondary N) is 3. The lowest BCUT2D eigenvalue weighted by Gasteiger charge is -2.20. The summed E-state index contributed by atoms with van der Waals surface area (Å²) in [6, 6.07) is -0.896. The Bertz CT molecular complexity index is 1210. The average Bonchev–Trinajstić information content (AvgIpc) is 3.23. The highest BCUT2D eigenvalue weighted by atomic mass is 16.5. The van der Waals surface area contributed by atoms with Gasteiger partial charge in [-0.15, -0.1) is 0 Å². The first-order valence-electron chi connectivity index (χ1n) is 22.7. The fourth-order valence-corrected chi connectivity index (χ4v) is 6.20. The number of amides is 4. The quantitative estimate of drug-likeness (QED) is 0.0432. The molecule has 0 radical (unpaired) electrons.